The van der Waals surface area contributed by atoms with E-state index < -0.39 is 14.1 Å². The van der Waals surface area contributed by atoms with E-state index in [0.29, 0.717) is 13.2 Å². The molecule has 0 aromatic rings. The molecule has 0 aliphatic carbocycles. The Morgan fingerprint density at radius 2 is 1.19 bits per heavy atom. The number of hydrogen-bond donors (Lipinski definition) is 2. The maximum Gasteiger partial charge on any atom is 0.472 e. The SMILES string of the molecule is CCCCCCCCCCCCCCCCOCC(OCC)OP(=O)(O)O. The van der Waals surface area contributed by atoms with E-state index in [2.05, 4.69) is 11.4 Å². The lowest BCUT2D eigenvalue weighted by molar-refractivity contribution is -0.127. The number of phosphoric acid groups is 1. The fourth-order valence-corrected chi connectivity index (χ4v) is 3.45. The van der Waals surface area contributed by atoms with E-state index >= 15 is 0 Å². The van der Waals surface area contributed by atoms with E-state index in [0.717, 1.165) is 12.8 Å². The van der Waals surface area contributed by atoms with Crippen molar-refractivity contribution in [1.82, 2.24) is 0 Å². The summed E-state index contributed by atoms with van der Waals surface area (Å²) in [5.74, 6) is 0. The Morgan fingerprint density at radius 3 is 1.59 bits per heavy atom. The number of hydrogen-bond acceptors (Lipinski definition) is 4. The molecule has 0 bridgehead atoms. The van der Waals surface area contributed by atoms with Crippen molar-refractivity contribution in [3.8, 4) is 0 Å². The van der Waals surface area contributed by atoms with E-state index in [1.807, 2.05) is 0 Å². The zero-order chi connectivity index (χ0) is 20.2. The van der Waals surface area contributed by atoms with Crippen molar-refractivity contribution < 1.29 is 28.3 Å². The van der Waals surface area contributed by atoms with Crippen LogP contribution in [0.5, 0.6) is 0 Å². The van der Waals surface area contributed by atoms with Crippen molar-refractivity contribution in [1.29, 1.82) is 0 Å². The topological polar surface area (TPSA) is 85.2 Å². The third-order valence-corrected chi connectivity index (χ3v) is 5.01. The van der Waals surface area contributed by atoms with Gasteiger partial charge in [-0.25, -0.2) is 4.57 Å². The molecule has 0 aliphatic heterocycles. The normalized spacial score (nSPS) is 13.2. The van der Waals surface area contributed by atoms with Crippen LogP contribution in [0.25, 0.3) is 0 Å². The Morgan fingerprint density at radius 1 is 0.741 bits per heavy atom. The highest BCUT2D eigenvalue weighted by atomic mass is 31.2. The predicted molar refractivity (Wildman–Crippen MR) is 110 cm³/mol. The average molecular weight is 411 g/mol. The van der Waals surface area contributed by atoms with Crippen LogP contribution in [0.1, 0.15) is 104 Å². The first-order valence-corrected chi connectivity index (χ1v) is 12.5. The molecule has 164 valence electrons. The number of rotatable bonds is 21. The summed E-state index contributed by atoms with van der Waals surface area (Å²) in [5, 5.41) is 0. The Balaban J connectivity index is 3.31. The second kappa shape index (κ2) is 19.4. The maximum atomic E-state index is 10.8. The minimum absolute atomic E-state index is 0.0391. The molecule has 0 heterocycles. The van der Waals surface area contributed by atoms with Crippen LogP contribution in [0.3, 0.4) is 0 Å². The van der Waals surface area contributed by atoms with E-state index in [1.165, 1.54) is 77.0 Å². The van der Waals surface area contributed by atoms with Crippen LogP contribution in [-0.2, 0) is 18.6 Å². The smallest absolute Gasteiger partial charge is 0.376 e. The molecule has 0 aromatic carbocycles. The highest BCUT2D eigenvalue weighted by Crippen LogP contribution is 2.37. The van der Waals surface area contributed by atoms with Gasteiger partial charge in [-0.2, -0.15) is 0 Å². The zero-order valence-electron chi connectivity index (χ0n) is 17.6. The van der Waals surface area contributed by atoms with Gasteiger partial charge in [-0.05, 0) is 13.3 Å². The van der Waals surface area contributed by atoms with Gasteiger partial charge in [0.2, 0.25) is 0 Å². The first-order valence-electron chi connectivity index (χ1n) is 10.9. The Hall–Kier alpha value is 0.0300. The maximum absolute atomic E-state index is 10.8. The summed E-state index contributed by atoms with van der Waals surface area (Å²) in [5.41, 5.74) is 0. The first-order chi connectivity index (χ1) is 13.0. The molecule has 6 nitrogen and oxygen atoms in total. The van der Waals surface area contributed by atoms with E-state index in [-0.39, 0.29) is 6.61 Å². The van der Waals surface area contributed by atoms with E-state index in [4.69, 9.17) is 19.3 Å². The third-order valence-electron chi connectivity index (χ3n) is 4.50. The van der Waals surface area contributed by atoms with Crippen molar-refractivity contribution in [3.63, 3.8) is 0 Å². The molecular formula is C20H43O6P. The molecule has 0 rings (SSSR count). The summed E-state index contributed by atoms with van der Waals surface area (Å²) in [7, 11) is -4.55. The summed E-state index contributed by atoms with van der Waals surface area (Å²) in [6.45, 7) is 4.91. The van der Waals surface area contributed by atoms with Crippen molar-refractivity contribution in [2.45, 2.75) is 110 Å². The van der Waals surface area contributed by atoms with Crippen LogP contribution in [0.15, 0.2) is 0 Å². The predicted octanol–water partition coefficient (Wildman–Crippen LogP) is 5.96. The molecule has 1 unspecified atom stereocenters. The monoisotopic (exact) mass is 410 g/mol. The summed E-state index contributed by atoms with van der Waals surface area (Å²) in [6.07, 6.45) is 17.3. The number of unbranched alkanes of at least 4 members (excludes halogenated alkanes) is 13. The molecule has 0 fully saturated rings. The molecule has 1 atom stereocenters. The average Bonchev–Trinajstić information content (AvgIpc) is 2.60. The Labute approximate surface area is 166 Å². The lowest BCUT2D eigenvalue weighted by Gasteiger charge is -2.17. The summed E-state index contributed by atoms with van der Waals surface area (Å²) < 4.78 is 25.9. The summed E-state index contributed by atoms with van der Waals surface area (Å²) >= 11 is 0. The fourth-order valence-electron chi connectivity index (χ4n) is 3.03. The highest BCUT2D eigenvalue weighted by molar-refractivity contribution is 7.46. The van der Waals surface area contributed by atoms with Crippen LogP contribution in [0.2, 0.25) is 0 Å². The van der Waals surface area contributed by atoms with Crippen LogP contribution >= 0.6 is 7.82 Å². The Kier molecular flexibility index (Phi) is 19.4. The molecule has 0 saturated carbocycles. The van der Waals surface area contributed by atoms with Crippen molar-refractivity contribution in [2.24, 2.45) is 0 Å². The molecule has 0 saturated heterocycles. The second-order valence-corrected chi connectivity index (χ2v) is 8.34. The van der Waals surface area contributed by atoms with E-state index in [1.54, 1.807) is 6.92 Å². The second-order valence-electron chi connectivity index (χ2n) is 7.15. The molecule has 0 radical (unpaired) electrons. The Bertz CT molecular complexity index is 347. The minimum Gasteiger partial charge on any atom is -0.376 e. The van der Waals surface area contributed by atoms with Gasteiger partial charge >= 0.3 is 7.82 Å². The van der Waals surface area contributed by atoms with Crippen molar-refractivity contribution in [3.05, 3.63) is 0 Å². The van der Waals surface area contributed by atoms with Crippen LogP contribution < -0.4 is 0 Å². The minimum atomic E-state index is -4.55. The highest BCUT2D eigenvalue weighted by Gasteiger charge is 2.22. The van der Waals surface area contributed by atoms with Gasteiger partial charge in [0.1, 0.15) is 0 Å². The molecule has 2 N–H and O–H groups in total. The van der Waals surface area contributed by atoms with Gasteiger partial charge < -0.3 is 19.3 Å². The van der Waals surface area contributed by atoms with Gasteiger partial charge in [0, 0.05) is 13.2 Å². The van der Waals surface area contributed by atoms with Gasteiger partial charge in [0.05, 0.1) is 6.61 Å². The van der Waals surface area contributed by atoms with Gasteiger partial charge in [-0.1, -0.05) is 90.4 Å². The zero-order valence-corrected chi connectivity index (χ0v) is 18.5. The molecule has 7 heteroatoms. The molecule has 0 spiro atoms. The quantitative estimate of drug-likeness (QED) is 0.138. The molecule has 0 amide bonds. The largest absolute Gasteiger partial charge is 0.472 e. The van der Waals surface area contributed by atoms with Gasteiger partial charge in [-0.15, -0.1) is 0 Å². The number of phosphoric ester groups is 1. The van der Waals surface area contributed by atoms with Gasteiger partial charge in [0.15, 0.2) is 6.29 Å². The van der Waals surface area contributed by atoms with Crippen LogP contribution in [0, 0.1) is 0 Å². The van der Waals surface area contributed by atoms with Gasteiger partial charge in [-0.3, -0.25) is 4.52 Å². The molecule has 27 heavy (non-hydrogen) atoms. The lowest BCUT2D eigenvalue weighted by Crippen LogP contribution is -2.22. The molecule has 0 aliphatic rings. The number of ether oxygens (including phenoxy) is 2. The summed E-state index contributed by atoms with van der Waals surface area (Å²) in [4.78, 5) is 17.6. The first kappa shape index (κ1) is 27.0. The van der Waals surface area contributed by atoms with Crippen molar-refractivity contribution >= 4 is 7.82 Å². The van der Waals surface area contributed by atoms with Crippen LogP contribution in [0.4, 0.5) is 0 Å². The van der Waals surface area contributed by atoms with E-state index in [9.17, 15) is 4.57 Å². The molecular weight excluding hydrogens is 367 g/mol. The van der Waals surface area contributed by atoms with Crippen molar-refractivity contribution in [2.75, 3.05) is 19.8 Å². The molecule has 0 aromatic heterocycles. The fraction of sp³-hybridized carbons (Fsp3) is 1.00. The van der Waals surface area contributed by atoms with Crippen LogP contribution in [-0.4, -0.2) is 35.9 Å². The standard InChI is InChI=1S/C20H43O6P/c1-3-5-6-7-8-9-10-11-12-13-14-15-16-17-18-24-19-20(25-4-2)26-27(21,22)23/h20H,3-19H2,1-2H3,(H2,21,22,23). The lowest BCUT2D eigenvalue weighted by atomic mass is 10.0. The third kappa shape index (κ3) is 22.2. The van der Waals surface area contributed by atoms with Gasteiger partial charge in [0.25, 0.3) is 0 Å². The summed E-state index contributed by atoms with van der Waals surface area (Å²) in [6, 6.07) is 0.